The van der Waals surface area contributed by atoms with Gasteiger partial charge in [-0.2, -0.15) is 13.2 Å². The van der Waals surface area contributed by atoms with E-state index in [9.17, 15) is 13.2 Å². The van der Waals surface area contributed by atoms with Gasteiger partial charge in [-0.05, 0) is 31.5 Å². The Kier molecular flexibility index (Phi) is 4.71. The lowest BCUT2D eigenvalue weighted by molar-refractivity contribution is -0.137. The molecule has 0 saturated heterocycles. The molecule has 0 aromatic carbocycles. The van der Waals surface area contributed by atoms with Crippen LogP contribution >= 0.6 is 11.6 Å². The van der Waals surface area contributed by atoms with Crippen LogP contribution in [0.2, 0.25) is 5.28 Å². The first-order chi connectivity index (χ1) is 10.4. The lowest BCUT2D eigenvalue weighted by Gasteiger charge is -2.11. The molecule has 0 spiro atoms. The maximum Gasteiger partial charge on any atom is 0.419 e. The average Bonchev–Trinajstić information content (AvgIpc) is 2.81. The molecule has 0 saturated carbocycles. The monoisotopic (exact) mass is 327 g/mol. The Balaban J connectivity index is 2.74. The van der Waals surface area contributed by atoms with Crippen molar-refractivity contribution in [2.24, 2.45) is 0 Å². The van der Waals surface area contributed by atoms with E-state index < -0.39 is 11.7 Å². The van der Waals surface area contributed by atoms with Gasteiger partial charge in [0.05, 0.1) is 5.69 Å². The summed E-state index contributed by atoms with van der Waals surface area (Å²) >= 11 is 5.68. The van der Waals surface area contributed by atoms with Crippen LogP contribution in [0.1, 0.15) is 30.7 Å². The predicted octanol–water partition coefficient (Wildman–Crippen LogP) is 5.21. The molecule has 0 aliphatic carbocycles. The van der Waals surface area contributed by atoms with Crippen LogP contribution in [0.15, 0.2) is 24.5 Å². The summed E-state index contributed by atoms with van der Waals surface area (Å²) in [6, 6.07) is 0. The molecule has 2 rings (SSSR count). The third-order valence-electron chi connectivity index (χ3n) is 2.94. The van der Waals surface area contributed by atoms with Crippen molar-refractivity contribution in [3.05, 3.63) is 46.7 Å². The van der Waals surface area contributed by atoms with Gasteiger partial charge in [-0.3, -0.25) is 0 Å². The molecule has 0 radical (unpaired) electrons. The van der Waals surface area contributed by atoms with E-state index in [0.29, 0.717) is 23.0 Å². The SMILES string of the molecule is C/C=C\c1[nH]cc(-c2nc(Cl)ncc2C(F)(F)F)c1/C=C\C. The topological polar surface area (TPSA) is 41.6 Å². The fraction of sp³-hybridized carbons (Fsp3) is 0.200. The zero-order valence-corrected chi connectivity index (χ0v) is 12.6. The predicted molar refractivity (Wildman–Crippen MR) is 81.2 cm³/mol. The third-order valence-corrected chi connectivity index (χ3v) is 3.12. The van der Waals surface area contributed by atoms with Crippen molar-refractivity contribution in [2.45, 2.75) is 20.0 Å². The minimum Gasteiger partial charge on any atom is -0.360 e. The molecule has 116 valence electrons. The molecule has 2 aromatic rings. The number of hydrogen-bond acceptors (Lipinski definition) is 2. The number of allylic oxidation sites excluding steroid dienone is 2. The molecule has 2 heterocycles. The van der Waals surface area contributed by atoms with E-state index in [4.69, 9.17) is 11.6 Å². The van der Waals surface area contributed by atoms with E-state index in [1.807, 2.05) is 6.92 Å². The van der Waals surface area contributed by atoms with E-state index in [1.165, 1.54) is 6.20 Å². The van der Waals surface area contributed by atoms with Crippen LogP contribution in [0.5, 0.6) is 0 Å². The summed E-state index contributed by atoms with van der Waals surface area (Å²) in [6.45, 7) is 3.61. The van der Waals surface area contributed by atoms with Crippen LogP contribution in [0.25, 0.3) is 23.4 Å². The van der Waals surface area contributed by atoms with Crippen molar-refractivity contribution < 1.29 is 13.2 Å². The van der Waals surface area contributed by atoms with Crippen LogP contribution in [0.4, 0.5) is 13.2 Å². The molecule has 2 aromatic heterocycles. The van der Waals surface area contributed by atoms with E-state index >= 15 is 0 Å². The average molecular weight is 328 g/mol. The molecule has 22 heavy (non-hydrogen) atoms. The Labute approximate surface area is 130 Å². The van der Waals surface area contributed by atoms with E-state index in [2.05, 4.69) is 15.0 Å². The molecule has 0 amide bonds. The second kappa shape index (κ2) is 6.36. The molecule has 7 heteroatoms. The van der Waals surface area contributed by atoms with E-state index in [-0.39, 0.29) is 11.0 Å². The fourth-order valence-electron chi connectivity index (χ4n) is 2.07. The molecule has 0 bridgehead atoms. The zero-order chi connectivity index (χ0) is 16.3. The van der Waals surface area contributed by atoms with Crippen molar-refractivity contribution in [1.82, 2.24) is 15.0 Å². The zero-order valence-electron chi connectivity index (χ0n) is 11.9. The van der Waals surface area contributed by atoms with Gasteiger partial charge in [-0.1, -0.05) is 18.2 Å². The van der Waals surface area contributed by atoms with Crippen molar-refractivity contribution in [3.63, 3.8) is 0 Å². The van der Waals surface area contributed by atoms with E-state index in [0.717, 1.165) is 0 Å². The molecule has 3 nitrogen and oxygen atoms in total. The Bertz CT molecular complexity index is 730. The molecule has 1 N–H and O–H groups in total. The Morgan fingerprint density at radius 3 is 2.45 bits per heavy atom. The summed E-state index contributed by atoms with van der Waals surface area (Å²) in [6.07, 6.45) is 4.65. The Hall–Kier alpha value is -2.08. The van der Waals surface area contributed by atoms with Gasteiger partial charge in [0.15, 0.2) is 0 Å². The number of aromatic nitrogens is 3. The summed E-state index contributed by atoms with van der Waals surface area (Å²) < 4.78 is 39.5. The summed E-state index contributed by atoms with van der Waals surface area (Å²) in [4.78, 5) is 10.2. The lowest BCUT2D eigenvalue weighted by atomic mass is 10.0. The molecular weight excluding hydrogens is 315 g/mol. The first kappa shape index (κ1) is 16.3. The third kappa shape index (κ3) is 3.22. The number of nitrogens with one attached hydrogen (secondary N) is 1. The molecule has 0 fully saturated rings. The Morgan fingerprint density at radius 1 is 1.18 bits per heavy atom. The van der Waals surface area contributed by atoms with Crippen molar-refractivity contribution in [2.75, 3.05) is 0 Å². The van der Waals surface area contributed by atoms with Gasteiger partial charge in [0, 0.05) is 29.2 Å². The molecule has 0 aliphatic rings. The maximum atomic E-state index is 13.2. The first-order valence-corrected chi connectivity index (χ1v) is 6.83. The van der Waals surface area contributed by atoms with Gasteiger partial charge >= 0.3 is 6.18 Å². The van der Waals surface area contributed by atoms with Crippen LogP contribution < -0.4 is 0 Å². The minimum atomic E-state index is -4.56. The molecule has 0 unspecified atom stereocenters. The fourth-order valence-corrected chi connectivity index (χ4v) is 2.20. The maximum absolute atomic E-state index is 13.2. The number of halogens is 4. The van der Waals surface area contributed by atoms with Crippen molar-refractivity contribution >= 4 is 23.8 Å². The van der Waals surface area contributed by atoms with E-state index in [1.54, 1.807) is 31.2 Å². The van der Waals surface area contributed by atoms with Gasteiger partial charge < -0.3 is 4.98 Å². The number of hydrogen-bond donors (Lipinski definition) is 1. The molecular formula is C15H13ClF3N3. The standard InChI is InChI=1S/C15H13ClF3N3/c1-3-5-9-10(7-20-12(9)6-4-2)13-11(15(17,18)19)8-21-14(16)22-13/h3-8,20H,1-2H3/b5-3-,6-4-. The molecule has 0 aliphatic heterocycles. The smallest absolute Gasteiger partial charge is 0.360 e. The summed E-state index contributed by atoms with van der Waals surface area (Å²) in [5.41, 5.74) is 0.462. The highest BCUT2D eigenvalue weighted by Gasteiger charge is 2.36. The highest BCUT2D eigenvalue weighted by atomic mass is 35.5. The van der Waals surface area contributed by atoms with Crippen LogP contribution in [0, 0.1) is 0 Å². The highest BCUT2D eigenvalue weighted by Crippen LogP contribution is 2.38. The number of rotatable bonds is 3. The first-order valence-electron chi connectivity index (χ1n) is 6.45. The summed E-state index contributed by atoms with van der Waals surface area (Å²) in [5.74, 6) is 0. The summed E-state index contributed by atoms with van der Waals surface area (Å²) in [5, 5.41) is -0.233. The number of alkyl halides is 3. The number of H-pyrrole nitrogens is 1. The normalized spacial score (nSPS) is 12.6. The molecule has 0 atom stereocenters. The highest BCUT2D eigenvalue weighted by molar-refractivity contribution is 6.28. The van der Waals surface area contributed by atoms with Gasteiger partial charge in [0.2, 0.25) is 5.28 Å². The number of aromatic amines is 1. The van der Waals surface area contributed by atoms with Gasteiger partial charge in [0.1, 0.15) is 5.56 Å². The second-order valence-electron chi connectivity index (χ2n) is 4.43. The minimum absolute atomic E-state index is 0.233. The van der Waals surface area contributed by atoms with Crippen molar-refractivity contribution in [3.8, 4) is 11.3 Å². The van der Waals surface area contributed by atoms with Gasteiger partial charge in [-0.15, -0.1) is 0 Å². The lowest BCUT2D eigenvalue weighted by Crippen LogP contribution is -2.09. The van der Waals surface area contributed by atoms with Gasteiger partial charge in [-0.25, -0.2) is 9.97 Å². The van der Waals surface area contributed by atoms with Gasteiger partial charge in [0.25, 0.3) is 0 Å². The quantitative estimate of drug-likeness (QED) is 0.786. The Morgan fingerprint density at radius 2 is 1.86 bits per heavy atom. The summed E-state index contributed by atoms with van der Waals surface area (Å²) in [7, 11) is 0. The van der Waals surface area contributed by atoms with Crippen LogP contribution in [-0.2, 0) is 6.18 Å². The largest absolute Gasteiger partial charge is 0.419 e. The van der Waals surface area contributed by atoms with Crippen LogP contribution in [0.3, 0.4) is 0 Å². The van der Waals surface area contributed by atoms with Crippen molar-refractivity contribution in [1.29, 1.82) is 0 Å². The number of nitrogens with zero attached hydrogens (tertiary/aromatic N) is 2. The van der Waals surface area contributed by atoms with Crippen LogP contribution in [-0.4, -0.2) is 15.0 Å². The second-order valence-corrected chi connectivity index (χ2v) is 4.77.